The lowest BCUT2D eigenvalue weighted by Crippen LogP contribution is -2.19. The summed E-state index contributed by atoms with van der Waals surface area (Å²) in [5, 5.41) is 19.5. The van der Waals surface area contributed by atoms with Gasteiger partial charge in [-0.15, -0.1) is 11.6 Å². The van der Waals surface area contributed by atoms with Crippen molar-refractivity contribution in [2.45, 2.75) is 25.6 Å². The summed E-state index contributed by atoms with van der Waals surface area (Å²) < 4.78 is 0. The Balaban J connectivity index is 2.90. The first kappa shape index (κ1) is 12.3. The third-order valence-electron chi connectivity index (χ3n) is 2.51. The maximum absolute atomic E-state index is 9.86. The van der Waals surface area contributed by atoms with Crippen LogP contribution in [0.4, 0.5) is 5.69 Å². The average Bonchev–Trinajstić information content (AvgIpc) is 2.21. The Morgan fingerprint density at radius 2 is 2.07 bits per heavy atom. The highest BCUT2D eigenvalue weighted by Gasteiger charge is 2.19. The molecule has 1 aromatic rings. The van der Waals surface area contributed by atoms with Crippen molar-refractivity contribution in [3.8, 4) is 0 Å². The third-order valence-corrected chi connectivity index (χ3v) is 2.72. The number of anilines is 1. The maximum atomic E-state index is 9.86. The van der Waals surface area contributed by atoms with Crippen molar-refractivity contribution in [1.82, 2.24) is 0 Å². The minimum absolute atomic E-state index is 0.319. The van der Waals surface area contributed by atoms with E-state index in [-0.39, 0.29) is 0 Å². The Morgan fingerprint density at radius 3 is 2.67 bits per heavy atom. The van der Waals surface area contributed by atoms with Crippen LogP contribution in [0.5, 0.6) is 0 Å². The predicted molar refractivity (Wildman–Crippen MR) is 61.9 cm³/mol. The second-order valence-corrected chi connectivity index (χ2v) is 3.93. The number of halogens is 1. The summed E-state index contributed by atoms with van der Waals surface area (Å²) in [5.41, 5.74) is 7.79. The fraction of sp³-hybridized carbons (Fsp3) is 0.455. The zero-order valence-corrected chi connectivity index (χ0v) is 9.41. The number of benzene rings is 1. The normalized spacial score (nSPS) is 14.9. The van der Waals surface area contributed by atoms with Crippen molar-refractivity contribution >= 4 is 17.3 Å². The summed E-state index contributed by atoms with van der Waals surface area (Å²) in [4.78, 5) is 0. The molecule has 15 heavy (non-hydrogen) atoms. The van der Waals surface area contributed by atoms with Gasteiger partial charge < -0.3 is 15.9 Å². The molecule has 1 rings (SSSR count). The van der Waals surface area contributed by atoms with Crippen LogP contribution >= 0.6 is 11.6 Å². The van der Waals surface area contributed by atoms with E-state index in [0.717, 1.165) is 5.56 Å². The summed E-state index contributed by atoms with van der Waals surface area (Å²) in [5.74, 6) is 0.319. The van der Waals surface area contributed by atoms with Crippen LogP contribution in [0.2, 0.25) is 0 Å². The van der Waals surface area contributed by atoms with E-state index in [1.807, 2.05) is 6.92 Å². The van der Waals surface area contributed by atoms with E-state index in [9.17, 15) is 10.2 Å². The fourth-order valence-electron chi connectivity index (χ4n) is 1.47. The molecular weight excluding hydrogens is 214 g/mol. The van der Waals surface area contributed by atoms with Crippen molar-refractivity contribution in [3.05, 3.63) is 29.3 Å². The Morgan fingerprint density at radius 1 is 1.40 bits per heavy atom. The molecule has 0 aliphatic heterocycles. The van der Waals surface area contributed by atoms with E-state index in [1.54, 1.807) is 18.2 Å². The molecule has 0 saturated carbocycles. The molecule has 2 unspecified atom stereocenters. The van der Waals surface area contributed by atoms with Crippen molar-refractivity contribution in [2.24, 2.45) is 0 Å². The Hall–Kier alpha value is -0.770. The zero-order valence-electron chi connectivity index (χ0n) is 8.65. The molecule has 2 atom stereocenters. The van der Waals surface area contributed by atoms with Crippen molar-refractivity contribution in [2.75, 3.05) is 11.6 Å². The summed E-state index contributed by atoms with van der Waals surface area (Å²) in [7, 11) is 0. The van der Waals surface area contributed by atoms with Crippen molar-refractivity contribution in [3.63, 3.8) is 0 Å². The first-order valence-corrected chi connectivity index (χ1v) is 5.38. The highest BCUT2D eigenvalue weighted by atomic mass is 35.5. The Bertz CT molecular complexity index is 330. The van der Waals surface area contributed by atoms with Crippen molar-refractivity contribution < 1.29 is 10.2 Å². The van der Waals surface area contributed by atoms with Gasteiger partial charge in [0.25, 0.3) is 0 Å². The lowest BCUT2D eigenvalue weighted by Gasteiger charge is -2.19. The number of nitrogen functional groups attached to an aromatic ring is 1. The molecule has 0 spiro atoms. The molecule has 0 aliphatic rings. The summed E-state index contributed by atoms with van der Waals surface area (Å²) >= 11 is 5.50. The summed E-state index contributed by atoms with van der Waals surface area (Å²) in [6.07, 6.45) is -1.41. The molecule has 0 amide bonds. The second-order valence-electron chi connectivity index (χ2n) is 3.55. The zero-order chi connectivity index (χ0) is 11.4. The van der Waals surface area contributed by atoms with Crippen LogP contribution in [0, 0.1) is 6.92 Å². The van der Waals surface area contributed by atoms with Gasteiger partial charge in [0.15, 0.2) is 0 Å². The van der Waals surface area contributed by atoms with Gasteiger partial charge in [0.2, 0.25) is 0 Å². The van der Waals surface area contributed by atoms with Crippen LogP contribution in [-0.4, -0.2) is 22.2 Å². The van der Waals surface area contributed by atoms with E-state index in [1.165, 1.54) is 0 Å². The van der Waals surface area contributed by atoms with E-state index in [4.69, 9.17) is 17.3 Å². The number of alkyl halides is 1. The SMILES string of the molecule is Cc1c(N)cccc1C(O)C(O)CCCl. The Kier molecular flexibility index (Phi) is 4.39. The van der Waals surface area contributed by atoms with E-state index in [0.29, 0.717) is 23.6 Å². The van der Waals surface area contributed by atoms with Gasteiger partial charge in [0.05, 0.1) is 6.10 Å². The van der Waals surface area contributed by atoms with Gasteiger partial charge in [0, 0.05) is 11.6 Å². The largest absolute Gasteiger partial charge is 0.399 e. The van der Waals surface area contributed by atoms with Crippen LogP contribution in [0.3, 0.4) is 0 Å². The second kappa shape index (κ2) is 5.35. The van der Waals surface area contributed by atoms with Gasteiger partial charge in [-0.1, -0.05) is 12.1 Å². The standard InChI is InChI=1S/C11H16ClNO2/c1-7-8(3-2-4-9(7)13)11(15)10(14)5-6-12/h2-4,10-11,14-15H,5-6,13H2,1H3. The van der Waals surface area contributed by atoms with Crippen LogP contribution in [0.15, 0.2) is 18.2 Å². The molecule has 84 valence electrons. The van der Waals surface area contributed by atoms with Gasteiger partial charge in [-0.25, -0.2) is 0 Å². The molecule has 0 aliphatic carbocycles. The molecule has 1 aromatic carbocycles. The molecule has 0 aromatic heterocycles. The first-order valence-electron chi connectivity index (χ1n) is 4.85. The molecule has 4 N–H and O–H groups in total. The molecule has 3 nitrogen and oxygen atoms in total. The summed E-state index contributed by atoms with van der Waals surface area (Å²) in [6.45, 7) is 1.82. The highest BCUT2D eigenvalue weighted by molar-refractivity contribution is 6.17. The first-order chi connectivity index (χ1) is 7.07. The van der Waals surface area contributed by atoms with Crippen LogP contribution in [0.1, 0.15) is 23.7 Å². The van der Waals surface area contributed by atoms with Gasteiger partial charge in [-0.05, 0) is 30.5 Å². The van der Waals surface area contributed by atoms with Gasteiger partial charge >= 0.3 is 0 Å². The lowest BCUT2D eigenvalue weighted by molar-refractivity contribution is 0.0167. The smallest absolute Gasteiger partial charge is 0.105 e. The third kappa shape index (κ3) is 2.84. The monoisotopic (exact) mass is 229 g/mol. The molecule has 4 heteroatoms. The average molecular weight is 230 g/mol. The summed E-state index contributed by atoms with van der Waals surface area (Å²) in [6, 6.07) is 5.28. The lowest BCUT2D eigenvalue weighted by atomic mass is 9.97. The fourth-order valence-corrected chi connectivity index (χ4v) is 1.69. The number of hydrogen-bond acceptors (Lipinski definition) is 3. The van der Waals surface area contributed by atoms with E-state index < -0.39 is 12.2 Å². The number of hydrogen-bond donors (Lipinski definition) is 3. The minimum atomic E-state index is -0.924. The van der Waals surface area contributed by atoms with Crippen LogP contribution < -0.4 is 5.73 Å². The number of nitrogens with two attached hydrogens (primary N) is 1. The van der Waals surface area contributed by atoms with Gasteiger partial charge in [-0.3, -0.25) is 0 Å². The molecule has 0 fully saturated rings. The number of rotatable bonds is 4. The predicted octanol–water partition coefficient (Wildman–Crippen LogP) is 1.60. The van der Waals surface area contributed by atoms with E-state index >= 15 is 0 Å². The van der Waals surface area contributed by atoms with Crippen LogP contribution in [-0.2, 0) is 0 Å². The number of aliphatic hydroxyl groups excluding tert-OH is 2. The van der Waals surface area contributed by atoms with Gasteiger partial charge in [0.1, 0.15) is 6.10 Å². The molecule has 0 heterocycles. The van der Waals surface area contributed by atoms with E-state index in [2.05, 4.69) is 0 Å². The Labute approximate surface area is 94.5 Å². The minimum Gasteiger partial charge on any atom is -0.399 e. The van der Waals surface area contributed by atoms with Gasteiger partial charge in [-0.2, -0.15) is 0 Å². The maximum Gasteiger partial charge on any atom is 0.105 e. The quantitative estimate of drug-likeness (QED) is 0.543. The highest BCUT2D eigenvalue weighted by Crippen LogP contribution is 2.25. The molecule has 0 saturated heterocycles. The molecular formula is C11H16ClNO2. The van der Waals surface area contributed by atoms with Crippen molar-refractivity contribution in [1.29, 1.82) is 0 Å². The van der Waals surface area contributed by atoms with Crippen LogP contribution in [0.25, 0.3) is 0 Å². The number of aliphatic hydroxyl groups is 2. The topological polar surface area (TPSA) is 66.5 Å². The molecule has 0 bridgehead atoms. The molecule has 0 radical (unpaired) electrons.